The van der Waals surface area contributed by atoms with Crippen LogP contribution in [-0.2, 0) is 0 Å². The molecule has 3 nitrogen and oxygen atoms in total. The van der Waals surface area contributed by atoms with Gasteiger partial charge in [-0.15, -0.1) is 0 Å². The highest BCUT2D eigenvalue weighted by atomic mass is 16.5. The van der Waals surface area contributed by atoms with Crippen LogP contribution in [0.1, 0.15) is 40.5 Å². The summed E-state index contributed by atoms with van der Waals surface area (Å²) in [5.41, 5.74) is 1.31. The van der Waals surface area contributed by atoms with Gasteiger partial charge in [0.25, 0.3) is 0 Å². The van der Waals surface area contributed by atoms with Gasteiger partial charge < -0.3 is 15.0 Å². The van der Waals surface area contributed by atoms with E-state index in [1.54, 1.807) is 0 Å². The highest BCUT2D eigenvalue weighted by Crippen LogP contribution is 2.25. The van der Waals surface area contributed by atoms with Crippen molar-refractivity contribution in [3.63, 3.8) is 0 Å². The monoisotopic (exact) mass is 276 g/mol. The Morgan fingerprint density at radius 1 is 1.20 bits per heavy atom. The highest BCUT2D eigenvalue weighted by molar-refractivity contribution is 5.50. The van der Waals surface area contributed by atoms with Crippen molar-refractivity contribution >= 4 is 5.69 Å². The van der Waals surface area contributed by atoms with E-state index in [1.165, 1.54) is 18.5 Å². The number of nitrogens with one attached hydrogen (secondary N) is 1. The fourth-order valence-corrected chi connectivity index (χ4v) is 2.81. The van der Waals surface area contributed by atoms with Gasteiger partial charge in [-0.05, 0) is 51.0 Å². The molecule has 0 bridgehead atoms. The number of benzene rings is 1. The summed E-state index contributed by atoms with van der Waals surface area (Å²) in [7, 11) is 0. The van der Waals surface area contributed by atoms with Crippen LogP contribution in [0.2, 0.25) is 0 Å². The molecule has 1 aliphatic rings. The van der Waals surface area contributed by atoms with Crippen LogP contribution >= 0.6 is 0 Å². The van der Waals surface area contributed by atoms with E-state index >= 15 is 0 Å². The molecule has 2 atom stereocenters. The maximum Gasteiger partial charge on any atom is 0.119 e. The van der Waals surface area contributed by atoms with Crippen molar-refractivity contribution in [3.05, 3.63) is 24.3 Å². The Kier molecular flexibility index (Phi) is 5.30. The maximum absolute atomic E-state index is 5.72. The van der Waals surface area contributed by atoms with Crippen LogP contribution in [0.15, 0.2) is 24.3 Å². The van der Waals surface area contributed by atoms with Crippen molar-refractivity contribution < 1.29 is 4.74 Å². The molecule has 112 valence electrons. The number of rotatable bonds is 5. The van der Waals surface area contributed by atoms with Crippen molar-refractivity contribution in [2.75, 3.05) is 18.0 Å². The lowest BCUT2D eigenvalue weighted by atomic mass is 10.0. The van der Waals surface area contributed by atoms with Gasteiger partial charge in [-0.25, -0.2) is 0 Å². The zero-order chi connectivity index (χ0) is 14.5. The van der Waals surface area contributed by atoms with Crippen LogP contribution in [0.25, 0.3) is 0 Å². The number of hydrogen-bond acceptors (Lipinski definition) is 3. The van der Waals surface area contributed by atoms with Crippen molar-refractivity contribution in [2.24, 2.45) is 0 Å². The normalized spacial score (nSPS) is 23.1. The third kappa shape index (κ3) is 3.66. The first-order valence-electron chi connectivity index (χ1n) is 7.90. The average molecular weight is 276 g/mol. The third-order valence-corrected chi connectivity index (χ3v) is 4.00. The zero-order valence-electron chi connectivity index (χ0n) is 13.2. The Morgan fingerprint density at radius 2 is 1.90 bits per heavy atom. The average Bonchev–Trinajstić information content (AvgIpc) is 2.46. The van der Waals surface area contributed by atoms with E-state index in [9.17, 15) is 0 Å². The van der Waals surface area contributed by atoms with Gasteiger partial charge in [-0.3, -0.25) is 0 Å². The second-order valence-electron chi connectivity index (χ2n) is 5.89. The number of ether oxygens (including phenoxy) is 1. The molecule has 1 N–H and O–H groups in total. The zero-order valence-corrected chi connectivity index (χ0v) is 13.2. The molecule has 1 aromatic rings. The Labute approximate surface area is 123 Å². The first-order valence-corrected chi connectivity index (χ1v) is 7.90. The molecule has 2 rings (SSSR count). The number of nitrogens with zero attached hydrogens (tertiary/aromatic N) is 1. The van der Waals surface area contributed by atoms with Crippen LogP contribution in [0.4, 0.5) is 5.69 Å². The molecule has 1 saturated heterocycles. The Morgan fingerprint density at radius 3 is 2.45 bits per heavy atom. The summed E-state index contributed by atoms with van der Waals surface area (Å²) in [6.45, 7) is 10.8. The molecular formula is C17H28N2O. The molecule has 0 spiro atoms. The van der Waals surface area contributed by atoms with E-state index in [-0.39, 0.29) is 6.10 Å². The summed E-state index contributed by atoms with van der Waals surface area (Å²) in [6, 6.07) is 9.76. The third-order valence-electron chi connectivity index (χ3n) is 4.00. The molecule has 1 aromatic carbocycles. The molecule has 1 fully saturated rings. The lowest BCUT2D eigenvalue weighted by Crippen LogP contribution is -2.56. The topological polar surface area (TPSA) is 24.5 Å². The van der Waals surface area contributed by atoms with Crippen LogP contribution in [0.5, 0.6) is 5.75 Å². The summed E-state index contributed by atoms with van der Waals surface area (Å²) in [5.74, 6) is 0.957. The van der Waals surface area contributed by atoms with E-state index in [2.05, 4.69) is 62.2 Å². The van der Waals surface area contributed by atoms with E-state index in [1.807, 2.05) is 0 Å². The lowest BCUT2D eigenvalue weighted by Gasteiger charge is -2.41. The van der Waals surface area contributed by atoms with Gasteiger partial charge in [-0.1, -0.05) is 13.8 Å². The van der Waals surface area contributed by atoms with E-state index in [0.717, 1.165) is 18.8 Å². The van der Waals surface area contributed by atoms with Gasteiger partial charge in [0.2, 0.25) is 0 Å². The fraction of sp³-hybridized carbons (Fsp3) is 0.647. The molecule has 20 heavy (non-hydrogen) atoms. The van der Waals surface area contributed by atoms with Crippen molar-refractivity contribution in [1.82, 2.24) is 5.32 Å². The van der Waals surface area contributed by atoms with Crippen molar-refractivity contribution in [2.45, 2.75) is 58.7 Å². The second kappa shape index (κ2) is 6.98. The molecule has 0 radical (unpaired) electrons. The number of piperazine rings is 1. The number of hydrogen-bond donors (Lipinski definition) is 1. The summed E-state index contributed by atoms with van der Waals surface area (Å²) in [4.78, 5) is 2.55. The van der Waals surface area contributed by atoms with Gasteiger partial charge in [0, 0.05) is 30.9 Å². The Bertz CT molecular complexity index is 402. The van der Waals surface area contributed by atoms with Crippen LogP contribution < -0.4 is 15.0 Å². The standard InChI is InChI=1S/C17H28N2O/c1-5-14-12-19(15(6-2)11-18-14)16-7-9-17(10-8-16)20-13(3)4/h7-10,13-15,18H,5-6,11-12H2,1-4H3. The predicted octanol–water partition coefficient (Wildman–Crippen LogP) is 3.44. The van der Waals surface area contributed by atoms with E-state index in [0.29, 0.717) is 12.1 Å². The number of anilines is 1. The minimum atomic E-state index is 0.230. The summed E-state index contributed by atoms with van der Waals surface area (Å²) in [5, 5.41) is 3.64. The minimum Gasteiger partial charge on any atom is -0.491 e. The highest BCUT2D eigenvalue weighted by Gasteiger charge is 2.25. The Hall–Kier alpha value is -1.22. The van der Waals surface area contributed by atoms with Gasteiger partial charge in [0.1, 0.15) is 5.75 Å². The molecule has 1 heterocycles. The smallest absolute Gasteiger partial charge is 0.119 e. The van der Waals surface area contributed by atoms with Crippen molar-refractivity contribution in [3.8, 4) is 5.75 Å². The van der Waals surface area contributed by atoms with E-state index in [4.69, 9.17) is 4.74 Å². The lowest BCUT2D eigenvalue weighted by molar-refractivity contribution is 0.242. The van der Waals surface area contributed by atoms with Gasteiger partial charge in [0.05, 0.1) is 6.10 Å². The molecule has 0 amide bonds. The molecule has 3 heteroatoms. The first-order chi connectivity index (χ1) is 9.63. The molecule has 0 aliphatic carbocycles. The molecule has 1 aliphatic heterocycles. The molecule has 2 unspecified atom stereocenters. The predicted molar refractivity (Wildman–Crippen MR) is 85.7 cm³/mol. The van der Waals surface area contributed by atoms with Crippen LogP contribution in [-0.4, -0.2) is 31.3 Å². The second-order valence-corrected chi connectivity index (χ2v) is 5.89. The summed E-state index contributed by atoms with van der Waals surface area (Å²) in [6.07, 6.45) is 2.59. The molecule has 0 saturated carbocycles. The van der Waals surface area contributed by atoms with Gasteiger partial charge >= 0.3 is 0 Å². The molecule has 0 aromatic heterocycles. The van der Waals surface area contributed by atoms with Gasteiger partial charge in [-0.2, -0.15) is 0 Å². The van der Waals surface area contributed by atoms with E-state index < -0.39 is 0 Å². The Balaban J connectivity index is 2.10. The SMILES string of the molecule is CCC1CN(c2ccc(OC(C)C)cc2)C(CC)CN1. The van der Waals surface area contributed by atoms with Gasteiger partial charge in [0.15, 0.2) is 0 Å². The minimum absolute atomic E-state index is 0.230. The quantitative estimate of drug-likeness (QED) is 0.891. The van der Waals surface area contributed by atoms with Crippen LogP contribution in [0.3, 0.4) is 0 Å². The molecular weight excluding hydrogens is 248 g/mol. The fourth-order valence-electron chi connectivity index (χ4n) is 2.81. The van der Waals surface area contributed by atoms with Crippen LogP contribution in [0, 0.1) is 0 Å². The van der Waals surface area contributed by atoms with Crippen molar-refractivity contribution in [1.29, 1.82) is 0 Å². The largest absolute Gasteiger partial charge is 0.491 e. The first kappa shape index (κ1) is 15.2. The summed E-state index contributed by atoms with van der Waals surface area (Å²) < 4.78 is 5.72. The summed E-state index contributed by atoms with van der Waals surface area (Å²) >= 11 is 0. The maximum atomic E-state index is 5.72.